The minimum absolute atomic E-state index is 0.230. The summed E-state index contributed by atoms with van der Waals surface area (Å²) in [6.45, 7) is 2.49. The van der Waals surface area contributed by atoms with Gasteiger partial charge >= 0.3 is 0 Å². The lowest BCUT2D eigenvalue weighted by Gasteiger charge is -2.13. The normalized spacial score (nSPS) is 12.2. The molecular formula is C15H17FN2O. The molecule has 1 heterocycles. The third-order valence-electron chi connectivity index (χ3n) is 2.87. The molecule has 1 aromatic carbocycles. The summed E-state index contributed by atoms with van der Waals surface area (Å²) in [5.74, 6) is 0.454. The summed E-state index contributed by atoms with van der Waals surface area (Å²) in [6, 6.07) is 8.21. The Hall–Kier alpha value is -1.94. The smallest absolute Gasteiger partial charge is 0.137 e. The molecule has 0 saturated heterocycles. The lowest BCUT2D eigenvalue weighted by Crippen LogP contribution is -2.14. The largest absolute Gasteiger partial charge is 0.492 e. The van der Waals surface area contributed by atoms with Crippen LogP contribution in [0.25, 0.3) is 0 Å². The van der Waals surface area contributed by atoms with Crippen LogP contribution in [0.3, 0.4) is 0 Å². The molecular weight excluding hydrogens is 243 g/mol. The molecule has 2 aromatic rings. The second-order valence-electron chi connectivity index (χ2n) is 4.29. The molecule has 0 radical (unpaired) electrons. The first-order chi connectivity index (χ1) is 9.20. The van der Waals surface area contributed by atoms with Gasteiger partial charge in [-0.05, 0) is 36.6 Å². The summed E-state index contributed by atoms with van der Waals surface area (Å²) in [7, 11) is 0. The minimum Gasteiger partial charge on any atom is -0.492 e. The van der Waals surface area contributed by atoms with Crippen molar-refractivity contribution in [3.63, 3.8) is 0 Å². The number of rotatable bonds is 5. The summed E-state index contributed by atoms with van der Waals surface area (Å²) in [5, 5.41) is 0. The molecule has 2 N–H and O–H groups in total. The van der Waals surface area contributed by atoms with E-state index in [-0.39, 0.29) is 11.9 Å². The van der Waals surface area contributed by atoms with Crippen molar-refractivity contribution in [1.29, 1.82) is 0 Å². The topological polar surface area (TPSA) is 48.1 Å². The Morgan fingerprint density at radius 3 is 2.84 bits per heavy atom. The highest BCUT2D eigenvalue weighted by Crippen LogP contribution is 2.20. The van der Waals surface area contributed by atoms with Crippen molar-refractivity contribution in [3.8, 4) is 5.75 Å². The van der Waals surface area contributed by atoms with Crippen molar-refractivity contribution < 1.29 is 9.13 Å². The molecule has 0 amide bonds. The van der Waals surface area contributed by atoms with E-state index in [4.69, 9.17) is 10.5 Å². The quantitative estimate of drug-likeness (QED) is 0.899. The molecule has 3 nitrogen and oxygen atoms in total. The number of benzene rings is 1. The first-order valence-corrected chi connectivity index (χ1v) is 6.27. The SMILES string of the molecule is CCOc1cncc(C(N)Cc2ccccc2F)c1. The zero-order valence-electron chi connectivity index (χ0n) is 10.8. The van der Waals surface area contributed by atoms with Gasteiger partial charge in [-0.25, -0.2) is 4.39 Å². The lowest BCUT2D eigenvalue weighted by atomic mass is 10.0. The van der Waals surface area contributed by atoms with Crippen LogP contribution in [0.5, 0.6) is 5.75 Å². The number of aromatic nitrogens is 1. The summed E-state index contributed by atoms with van der Waals surface area (Å²) < 4.78 is 18.9. The molecule has 19 heavy (non-hydrogen) atoms. The number of pyridine rings is 1. The predicted octanol–water partition coefficient (Wildman–Crippen LogP) is 2.86. The monoisotopic (exact) mass is 260 g/mol. The Bertz CT molecular complexity index is 545. The number of halogens is 1. The maximum atomic E-state index is 13.6. The van der Waals surface area contributed by atoms with Crippen LogP contribution < -0.4 is 10.5 Å². The number of hydrogen-bond donors (Lipinski definition) is 1. The fourth-order valence-electron chi connectivity index (χ4n) is 1.90. The average molecular weight is 260 g/mol. The second-order valence-corrected chi connectivity index (χ2v) is 4.29. The zero-order valence-corrected chi connectivity index (χ0v) is 10.8. The lowest BCUT2D eigenvalue weighted by molar-refractivity contribution is 0.338. The molecule has 0 aliphatic rings. The molecule has 0 spiro atoms. The third kappa shape index (κ3) is 3.51. The highest BCUT2D eigenvalue weighted by molar-refractivity contribution is 5.28. The molecule has 0 aliphatic heterocycles. The van der Waals surface area contributed by atoms with Gasteiger partial charge in [-0.15, -0.1) is 0 Å². The van der Waals surface area contributed by atoms with Gasteiger partial charge in [0.15, 0.2) is 0 Å². The molecule has 4 heteroatoms. The van der Waals surface area contributed by atoms with Crippen LogP contribution in [-0.2, 0) is 6.42 Å². The standard InChI is InChI=1S/C15H17FN2O/c1-2-19-13-7-12(9-18-10-13)15(17)8-11-5-3-4-6-14(11)16/h3-7,9-10,15H,2,8,17H2,1H3. The molecule has 1 atom stereocenters. The van der Waals surface area contributed by atoms with E-state index in [0.29, 0.717) is 24.3 Å². The van der Waals surface area contributed by atoms with E-state index in [0.717, 1.165) is 5.56 Å². The van der Waals surface area contributed by atoms with E-state index in [1.165, 1.54) is 6.07 Å². The number of hydrogen-bond acceptors (Lipinski definition) is 3. The Morgan fingerprint density at radius 2 is 2.11 bits per heavy atom. The van der Waals surface area contributed by atoms with Crippen LogP contribution in [0.15, 0.2) is 42.7 Å². The maximum absolute atomic E-state index is 13.6. The molecule has 1 unspecified atom stereocenters. The first-order valence-electron chi connectivity index (χ1n) is 6.27. The molecule has 2 rings (SSSR count). The van der Waals surface area contributed by atoms with Crippen molar-refractivity contribution in [1.82, 2.24) is 4.98 Å². The average Bonchev–Trinajstić information content (AvgIpc) is 2.42. The van der Waals surface area contributed by atoms with Crippen molar-refractivity contribution in [2.45, 2.75) is 19.4 Å². The van der Waals surface area contributed by atoms with Crippen molar-refractivity contribution in [3.05, 3.63) is 59.7 Å². The molecule has 100 valence electrons. The van der Waals surface area contributed by atoms with E-state index >= 15 is 0 Å². The van der Waals surface area contributed by atoms with Crippen molar-refractivity contribution in [2.75, 3.05) is 6.61 Å². The molecule has 0 bridgehead atoms. The number of nitrogens with two attached hydrogens (primary N) is 1. The molecule has 0 saturated carbocycles. The van der Waals surface area contributed by atoms with Crippen LogP contribution in [0.4, 0.5) is 4.39 Å². The predicted molar refractivity (Wildman–Crippen MR) is 72.4 cm³/mol. The van der Waals surface area contributed by atoms with Gasteiger partial charge in [0, 0.05) is 12.2 Å². The minimum atomic E-state index is -0.301. The van der Waals surface area contributed by atoms with Gasteiger partial charge in [0.05, 0.1) is 12.8 Å². The fourth-order valence-corrected chi connectivity index (χ4v) is 1.90. The van der Waals surface area contributed by atoms with E-state index in [1.807, 2.05) is 13.0 Å². The summed E-state index contributed by atoms with van der Waals surface area (Å²) >= 11 is 0. The highest BCUT2D eigenvalue weighted by Gasteiger charge is 2.11. The van der Waals surface area contributed by atoms with Gasteiger partial charge in [-0.2, -0.15) is 0 Å². The highest BCUT2D eigenvalue weighted by atomic mass is 19.1. The van der Waals surface area contributed by atoms with E-state index in [9.17, 15) is 4.39 Å². The number of nitrogens with zero attached hydrogens (tertiary/aromatic N) is 1. The maximum Gasteiger partial charge on any atom is 0.137 e. The number of ether oxygens (including phenoxy) is 1. The van der Waals surface area contributed by atoms with E-state index in [1.54, 1.807) is 30.6 Å². The van der Waals surface area contributed by atoms with Crippen LogP contribution in [0, 0.1) is 5.82 Å². The van der Waals surface area contributed by atoms with Gasteiger partial charge in [0.1, 0.15) is 11.6 Å². The van der Waals surface area contributed by atoms with Gasteiger partial charge < -0.3 is 10.5 Å². The van der Waals surface area contributed by atoms with Gasteiger partial charge in [-0.1, -0.05) is 18.2 Å². The van der Waals surface area contributed by atoms with Gasteiger partial charge in [0.25, 0.3) is 0 Å². The third-order valence-corrected chi connectivity index (χ3v) is 2.87. The van der Waals surface area contributed by atoms with E-state index in [2.05, 4.69) is 4.98 Å². The van der Waals surface area contributed by atoms with Crippen molar-refractivity contribution >= 4 is 0 Å². The Balaban J connectivity index is 2.13. The summed E-state index contributed by atoms with van der Waals surface area (Å²) in [6.07, 6.45) is 3.76. The molecule has 0 fully saturated rings. The van der Waals surface area contributed by atoms with Crippen LogP contribution in [0.2, 0.25) is 0 Å². The summed E-state index contributed by atoms with van der Waals surface area (Å²) in [5.41, 5.74) is 7.55. The zero-order chi connectivity index (χ0) is 13.7. The second kappa shape index (κ2) is 6.29. The van der Waals surface area contributed by atoms with Crippen LogP contribution in [0.1, 0.15) is 24.1 Å². The molecule has 0 aliphatic carbocycles. The Morgan fingerprint density at radius 1 is 1.32 bits per heavy atom. The Labute approximate surface area is 112 Å². The Kier molecular flexibility index (Phi) is 4.47. The summed E-state index contributed by atoms with van der Waals surface area (Å²) in [4.78, 5) is 4.09. The van der Waals surface area contributed by atoms with Crippen LogP contribution in [-0.4, -0.2) is 11.6 Å². The van der Waals surface area contributed by atoms with Crippen molar-refractivity contribution in [2.24, 2.45) is 5.73 Å². The van der Waals surface area contributed by atoms with E-state index < -0.39 is 0 Å². The first kappa shape index (κ1) is 13.5. The van der Waals surface area contributed by atoms with Gasteiger partial charge in [-0.3, -0.25) is 4.98 Å². The molecule has 1 aromatic heterocycles. The fraction of sp³-hybridized carbons (Fsp3) is 0.267. The van der Waals surface area contributed by atoms with Crippen LogP contribution >= 0.6 is 0 Å². The van der Waals surface area contributed by atoms with Gasteiger partial charge in [0.2, 0.25) is 0 Å².